The highest BCUT2D eigenvalue weighted by molar-refractivity contribution is 5.75. The molecule has 1 amide bonds. The lowest BCUT2D eigenvalue weighted by atomic mass is 10.0. The fourth-order valence-electron chi connectivity index (χ4n) is 1.96. The fourth-order valence-corrected chi connectivity index (χ4v) is 1.96. The van der Waals surface area contributed by atoms with E-state index < -0.39 is 0 Å². The Balaban J connectivity index is 2.32. The van der Waals surface area contributed by atoms with E-state index >= 15 is 0 Å². The van der Waals surface area contributed by atoms with Crippen molar-refractivity contribution >= 4 is 5.91 Å². The minimum atomic E-state index is 0.195. The standard InChI is InChI=1S/C15H24N2O/c1-12-8-5-6-9-14(12)13(2)16-11-7-10-15(18)17(3)4/h5-6,8-9,13,16H,7,10-11H2,1-4H3. The Labute approximate surface area is 110 Å². The number of benzene rings is 1. The molecule has 0 spiro atoms. The van der Waals surface area contributed by atoms with Crippen LogP contribution in [0.4, 0.5) is 0 Å². The molecular weight excluding hydrogens is 224 g/mol. The van der Waals surface area contributed by atoms with Crippen molar-refractivity contribution in [1.82, 2.24) is 10.2 Å². The molecule has 0 aliphatic carbocycles. The minimum absolute atomic E-state index is 0.195. The van der Waals surface area contributed by atoms with Gasteiger partial charge in [-0.05, 0) is 37.9 Å². The first kappa shape index (κ1) is 14.7. The van der Waals surface area contributed by atoms with Gasteiger partial charge in [-0.2, -0.15) is 0 Å². The molecule has 3 nitrogen and oxygen atoms in total. The summed E-state index contributed by atoms with van der Waals surface area (Å²) in [4.78, 5) is 13.1. The summed E-state index contributed by atoms with van der Waals surface area (Å²) in [6, 6.07) is 8.74. The summed E-state index contributed by atoms with van der Waals surface area (Å²) in [5.74, 6) is 0.195. The number of nitrogens with zero attached hydrogens (tertiary/aromatic N) is 1. The van der Waals surface area contributed by atoms with E-state index in [4.69, 9.17) is 0 Å². The summed E-state index contributed by atoms with van der Waals surface area (Å²) in [6.45, 7) is 5.16. The fraction of sp³-hybridized carbons (Fsp3) is 0.533. The molecular formula is C15H24N2O. The Kier molecular flexibility index (Phi) is 5.86. The van der Waals surface area contributed by atoms with Crippen molar-refractivity contribution in [2.45, 2.75) is 32.7 Å². The van der Waals surface area contributed by atoms with Crippen LogP contribution >= 0.6 is 0 Å². The molecule has 0 fully saturated rings. The van der Waals surface area contributed by atoms with Crippen molar-refractivity contribution in [3.63, 3.8) is 0 Å². The van der Waals surface area contributed by atoms with E-state index in [9.17, 15) is 4.79 Å². The van der Waals surface area contributed by atoms with Crippen LogP contribution in [0.2, 0.25) is 0 Å². The van der Waals surface area contributed by atoms with Gasteiger partial charge in [-0.15, -0.1) is 0 Å². The number of rotatable bonds is 6. The molecule has 1 aromatic rings. The second-order valence-electron chi connectivity index (χ2n) is 4.92. The maximum absolute atomic E-state index is 11.4. The molecule has 18 heavy (non-hydrogen) atoms. The Morgan fingerprint density at radius 3 is 2.61 bits per heavy atom. The van der Waals surface area contributed by atoms with Gasteiger partial charge in [-0.1, -0.05) is 24.3 Å². The van der Waals surface area contributed by atoms with Gasteiger partial charge in [0.05, 0.1) is 0 Å². The number of hydrogen-bond acceptors (Lipinski definition) is 2. The summed E-state index contributed by atoms with van der Waals surface area (Å²) < 4.78 is 0. The smallest absolute Gasteiger partial charge is 0.222 e. The lowest BCUT2D eigenvalue weighted by Gasteiger charge is -2.17. The van der Waals surface area contributed by atoms with Gasteiger partial charge in [-0.25, -0.2) is 0 Å². The van der Waals surface area contributed by atoms with Crippen LogP contribution < -0.4 is 5.32 Å². The molecule has 1 atom stereocenters. The molecule has 0 aliphatic heterocycles. The highest BCUT2D eigenvalue weighted by Gasteiger charge is 2.07. The summed E-state index contributed by atoms with van der Waals surface area (Å²) in [6.07, 6.45) is 1.49. The van der Waals surface area contributed by atoms with Crippen LogP contribution in [-0.2, 0) is 4.79 Å². The van der Waals surface area contributed by atoms with Gasteiger partial charge < -0.3 is 10.2 Å². The number of aryl methyl sites for hydroxylation is 1. The topological polar surface area (TPSA) is 32.3 Å². The lowest BCUT2D eigenvalue weighted by molar-refractivity contribution is -0.128. The van der Waals surface area contributed by atoms with E-state index in [-0.39, 0.29) is 5.91 Å². The van der Waals surface area contributed by atoms with E-state index in [1.807, 2.05) is 0 Å². The zero-order valence-electron chi connectivity index (χ0n) is 11.9. The first-order valence-corrected chi connectivity index (χ1v) is 6.51. The molecule has 0 aliphatic rings. The van der Waals surface area contributed by atoms with Crippen molar-refractivity contribution in [2.24, 2.45) is 0 Å². The van der Waals surface area contributed by atoms with Gasteiger partial charge in [0, 0.05) is 26.6 Å². The van der Waals surface area contributed by atoms with Gasteiger partial charge in [0.15, 0.2) is 0 Å². The summed E-state index contributed by atoms with van der Waals surface area (Å²) >= 11 is 0. The van der Waals surface area contributed by atoms with Gasteiger partial charge in [0.1, 0.15) is 0 Å². The average Bonchev–Trinajstić information content (AvgIpc) is 2.34. The molecule has 0 bridgehead atoms. The van der Waals surface area contributed by atoms with Crippen molar-refractivity contribution in [2.75, 3.05) is 20.6 Å². The highest BCUT2D eigenvalue weighted by atomic mass is 16.2. The van der Waals surface area contributed by atoms with Gasteiger partial charge in [-0.3, -0.25) is 4.79 Å². The second kappa shape index (κ2) is 7.17. The monoisotopic (exact) mass is 248 g/mol. The first-order valence-electron chi connectivity index (χ1n) is 6.51. The van der Waals surface area contributed by atoms with Gasteiger partial charge >= 0.3 is 0 Å². The molecule has 0 saturated heterocycles. The number of carbonyl (C=O) groups excluding carboxylic acids is 1. The van der Waals surface area contributed by atoms with Crippen LogP contribution in [0.25, 0.3) is 0 Å². The Morgan fingerprint density at radius 1 is 1.33 bits per heavy atom. The van der Waals surface area contributed by atoms with E-state index in [0.717, 1.165) is 13.0 Å². The quantitative estimate of drug-likeness (QED) is 0.785. The van der Waals surface area contributed by atoms with E-state index in [0.29, 0.717) is 12.5 Å². The Bertz CT molecular complexity index is 388. The molecule has 1 N–H and O–H groups in total. The van der Waals surface area contributed by atoms with Gasteiger partial charge in [0.25, 0.3) is 0 Å². The van der Waals surface area contributed by atoms with Gasteiger partial charge in [0.2, 0.25) is 5.91 Å². The Morgan fingerprint density at radius 2 is 2.00 bits per heavy atom. The van der Waals surface area contributed by atoms with Crippen LogP contribution in [-0.4, -0.2) is 31.4 Å². The van der Waals surface area contributed by atoms with Crippen LogP contribution in [0, 0.1) is 6.92 Å². The zero-order valence-corrected chi connectivity index (χ0v) is 11.9. The predicted octanol–water partition coefficient (Wildman–Crippen LogP) is 2.51. The molecule has 1 rings (SSSR count). The SMILES string of the molecule is Cc1ccccc1C(C)NCCCC(=O)N(C)C. The number of hydrogen-bond donors (Lipinski definition) is 1. The molecule has 1 unspecified atom stereocenters. The van der Waals surface area contributed by atoms with E-state index in [2.05, 4.69) is 43.4 Å². The third-order valence-electron chi connectivity index (χ3n) is 3.17. The molecule has 1 aromatic carbocycles. The maximum atomic E-state index is 11.4. The van der Waals surface area contributed by atoms with Crippen molar-refractivity contribution in [1.29, 1.82) is 0 Å². The maximum Gasteiger partial charge on any atom is 0.222 e. The Hall–Kier alpha value is -1.35. The minimum Gasteiger partial charge on any atom is -0.349 e. The summed E-state index contributed by atoms with van der Waals surface area (Å²) in [5, 5.41) is 3.46. The lowest BCUT2D eigenvalue weighted by Crippen LogP contribution is -2.25. The third kappa shape index (κ3) is 4.49. The number of amides is 1. The average molecular weight is 248 g/mol. The largest absolute Gasteiger partial charge is 0.349 e. The summed E-state index contributed by atoms with van der Waals surface area (Å²) in [7, 11) is 3.59. The van der Waals surface area contributed by atoms with E-state index in [1.54, 1.807) is 19.0 Å². The molecule has 0 saturated carbocycles. The second-order valence-corrected chi connectivity index (χ2v) is 4.92. The van der Waals surface area contributed by atoms with Crippen molar-refractivity contribution in [3.05, 3.63) is 35.4 Å². The van der Waals surface area contributed by atoms with Crippen LogP contribution in [0.5, 0.6) is 0 Å². The molecule has 100 valence electrons. The number of nitrogens with one attached hydrogen (secondary N) is 1. The van der Waals surface area contributed by atoms with Crippen molar-refractivity contribution in [3.8, 4) is 0 Å². The van der Waals surface area contributed by atoms with E-state index in [1.165, 1.54) is 11.1 Å². The number of carbonyl (C=O) groups is 1. The molecule has 0 aromatic heterocycles. The highest BCUT2D eigenvalue weighted by Crippen LogP contribution is 2.16. The normalized spacial score (nSPS) is 12.2. The molecule has 0 heterocycles. The van der Waals surface area contributed by atoms with Crippen molar-refractivity contribution < 1.29 is 4.79 Å². The van der Waals surface area contributed by atoms with Crippen LogP contribution in [0.1, 0.15) is 36.9 Å². The third-order valence-corrected chi connectivity index (χ3v) is 3.17. The summed E-state index contributed by atoms with van der Waals surface area (Å²) in [5.41, 5.74) is 2.64. The van der Waals surface area contributed by atoms with Crippen LogP contribution in [0.3, 0.4) is 0 Å². The molecule has 3 heteroatoms. The predicted molar refractivity (Wildman–Crippen MR) is 75.5 cm³/mol. The van der Waals surface area contributed by atoms with Crippen LogP contribution in [0.15, 0.2) is 24.3 Å². The zero-order chi connectivity index (χ0) is 13.5. The first-order chi connectivity index (χ1) is 8.52. The molecule has 0 radical (unpaired) electrons.